The van der Waals surface area contributed by atoms with Crippen LogP contribution in [-0.2, 0) is 11.1 Å². The Morgan fingerprint density at radius 1 is 1.61 bits per heavy atom. The number of nitrogens with zero attached hydrogens (tertiary/aromatic N) is 3. The molecule has 0 amide bonds. The van der Waals surface area contributed by atoms with Crippen LogP contribution in [-0.4, -0.2) is 20.6 Å². The van der Waals surface area contributed by atoms with Gasteiger partial charge in [0.25, 0.3) is 0 Å². The third-order valence-corrected chi connectivity index (χ3v) is 3.28. The molecule has 0 fully saturated rings. The first-order chi connectivity index (χ1) is 8.67. The van der Waals surface area contributed by atoms with Gasteiger partial charge in [-0.15, -0.1) is 6.58 Å². The van der Waals surface area contributed by atoms with Crippen LogP contribution in [0.25, 0.3) is 11.0 Å². The second-order valence-corrected chi connectivity index (χ2v) is 4.48. The molecule has 0 saturated heterocycles. The van der Waals surface area contributed by atoms with E-state index in [2.05, 4.69) is 26.0 Å². The summed E-state index contributed by atoms with van der Waals surface area (Å²) in [5, 5.41) is 0.915. The second-order valence-electron chi connectivity index (χ2n) is 4.20. The summed E-state index contributed by atoms with van der Waals surface area (Å²) in [5.41, 5.74) is 7.79. The molecule has 2 aromatic heterocycles. The SMILES string of the molecule is C=CCC(Cn1cc(C)c2c(N)ncnc21)OP. The highest BCUT2D eigenvalue weighted by atomic mass is 31.0. The zero-order chi connectivity index (χ0) is 13.1. The van der Waals surface area contributed by atoms with Crippen molar-refractivity contribution in [3.05, 3.63) is 30.7 Å². The Morgan fingerprint density at radius 2 is 2.39 bits per heavy atom. The fraction of sp³-hybridized carbons (Fsp3) is 0.333. The minimum atomic E-state index is 0.0543. The van der Waals surface area contributed by atoms with E-state index in [1.807, 2.05) is 23.8 Å². The van der Waals surface area contributed by atoms with Gasteiger partial charge in [0.1, 0.15) is 17.8 Å². The van der Waals surface area contributed by atoms with Gasteiger partial charge in [0.05, 0.1) is 18.0 Å². The number of hydrogen-bond donors (Lipinski definition) is 1. The van der Waals surface area contributed by atoms with Gasteiger partial charge in [0, 0.05) is 15.7 Å². The molecule has 6 heteroatoms. The minimum Gasteiger partial charge on any atom is -0.383 e. The molecule has 0 spiro atoms. The van der Waals surface area contributed by atoms with Gasteiger partial charge in [-0.3, -0.25) is 0 Å². The van der Waals surface area contributed by atoms with Crippen LogP contribution in [0.2, 0.25) is 0 Å². The van der Waals surface area contributed by atoms with Gasteiger partial charge < -0.3 is 14.8 Å². The lowest BCUT2D eigenvalue weighted by molar-refractivity contribution is 0.219. The topological polar surface area (TPSA) is 66.0 Å². The van der Waals surface area contributed by atoms with Gasteiger partial charge in [0.15, 0.2) is 0 Å². The summed E-state index contributed by atoms with van der Waals surface area (Å²) in [4.78, 5) is 8.31. The van der Waals surface area contributed by atoms with E-state index in [9.17, 15) is 0 Å². The van der Waals surface area contributed by atoms with E-state index in [1.54, 1.807) is 0 Å². The number of aryl methyl sites for hydroxylation is 1. The molecule has 2 heterocycles. The van der Waals surface area contributed by atoms with Gasteiger partial charge in [-0.05, 0) is 18.9 Å². The van der Waals surface area contributed by atoms with Crippen LogP contribution in [0.5, 0.6) is 0 Å². The summed E-state index contributed by atoms with van der Waals surface area (Å²) >= 11 is 0. The van der Waals surface area contributed by atoms with Crippen LogP contribution in [0.1, 0.15) is 12.0 Å². The number of rotatable bonds is 5. The Labute approximate surface area is 108 Å². The number of nitrogens with two attached hydrogens (primary N) is 1. The monoisotopic (exact) mass is 264 g/mol. The highest BCUT2D eigenvalue weighted by Gasteiger charge is 2.13. The van der Waals surface area contributed by atoms with Crippen molar-refractivity contribution in [1.82, 2.24) is 14.5 Å². The number of aromatic nitrogens is 3. The molecule has 2 atom stereocenters. The van der Waals surface area contributed by atoms with Gasteiger partial charge in [-0.2, -0.15) is 0 Å². The normalized spacial score (nSPS) is 12.8. The molecule has 0 aliphatic rings. The molecule has 0 saturated carbocycles. The van der Waals surface area contributed by atoms with E-state index in [4.69, 9.17) is 10.3 Å². The lowest BCUT2D eigenvalue weighted by Crippen LogP contribution is -2.15. The van der Waals surface area contributed by atoms with Crippen molar-refractivity contribution in [2.45, 2.75) is 26.0 Å². The minimum absolute atomic E-state index is 0.0543. The van der Waals surface area contributed by atoms with Crippen LogP contribution in [0.3, 0.4) is 0 Å². The van der Waals surface area contributed by atoms with Crippen LogP contribution in [0.4, 0.5) is 5.82 Å². The Balaban J connectivity index is 2.40. The molecule has 0 aliphatic carbocycles. The second kappa shape index (κ2) is 5.46. The van der Waals surface area contributed by atoms with E-state index in [-0.39, 0.29) is 6.10 Å². The average Bonchev–Trinajstić information content (AvgIpc) is 2.67. The van der Waals surface area contributed by atoms with Crippen LogP contribution in [0, 0.1) is 6.92 Å². The van der Waals surface area contributed by atoms with E-state index < -0.39 is 0 Å². The Bertz CT molecular complexity index is 566. The Kier molecular flexibility index (Phi) is 3.94. The maximum Gasteiger partial charge on any atom is 0.145 e. The molecule has 18 heavy (non-hydrogen) atoms. The highest BCUT2D eigenvalue weighted by molar-refractivity contribution is 7.09. The molecule has 2 N–H and O–H groups in total. The summed E-state index contributed by atoms with van der Waals surface area (Å²) in [6.45, 7) is 6.43. The van der Waals surface area contributed by atoms with Crippen molar-refractivity contribution >= 4 is 26.3 Å². The first kappa shape index (κ1) is 13.0. The van der Waals surface area contributed by atoms with Crippen molar-refractivity contribution in [2.75, 3.05) is 5.73 Å². The van der Waals surface area contributed by atoms with E-state index in [0.29, 0.717) is 12.4 Å². The van der Waals surface area contributed by atoms with Crippen molar-refractivity contribution < 1.29 is 4.52 Å². The number of fused-ring (bicyclic) bond motifs is 1. The number of hydrogen-bond acceptors (Lipinski definition) is 4. The summed E-state index contributed by atoms with van der Waals surface area (Å²) in [6.07, 6.45) is 6.19. The van der Waals surface area contributed by atoms with Gasteiger partial charge in [-0.25, -0.2) is 9.97 Å². The summed E-state index contributed by atoms with van der Waals surface area (Å²) < 4.78 is 7.38. The van der Waals surface area contributed by atoms with Crippen LogP contribution in [0.15, 0.2) is 25.2 Å². The third-order valence-electron chi connectivity index (χ3n) is 2.89. The van der Waals surface area contributed by atoms with Gasteiger partial charge in [0.2, 0.25) is 0 Å². The summed E-state index contributed by atoms with van der Waals surface area (Å²) in [5.74, 6) is 0.517. The lowest BCUT2D eigenvalue weighted by atomic mass is 10.2. The van der Waals surface area contributed by atoms with Gasteiger partial charge >= 0.3 is 0 Å². The summed E-state index contributed by atoms with van der Waals surface area (Å²) in [7, 11) is 2.30. The lowest BCUT2D eigenvalue weighted by Gasteiger charge is -2.14. The fourth-order valence-corrected chi connectivity index (χ4v) is 2.26. The van der Waals surface area contributed by atoms with E-state index in [1.165, 1.54) is 6.33 Å². The number of anilines is 1. The standard InChI is InChI=1S/C12H17N4OP/c1-3-4-9(17-18)6-16-5-8(2)10-11(13)14-7-15-12(10)16/h3,5,7,9H,1,4,6,18H2,2H3,(H2,13,14,15). The van der Waals surface area contributed by atoms with Crippen molar-refractivity contribution in [3.63, 3.8) is 0 Å². The molecule has 5 nitrogen and oxygen atoms in total. The first-order valence-electron chi connectivity index (χ1n) is 5.69. The molecule has 0 aliphatic heterocycles. The zero-order valence-electron chi connectivity index (χ0n) is 10.3. The molecule has 0 bridgehead atoms. The molecule has 0 aromatic carbocycles. The number of nitrogen functional groups attached to an aromatic ring is 1. The predicted molar refractivity (Wildman–Crippen MR) is 76.1 cm³/mol. The van der Waals surface area contributed by atoms with Crippen LogP contribution < -0.4 is 5.73 Å². The Hall–Kier alpha value is -1.45. The van der Waals surface area contributed by atoms with Crippen LogP contribution >= 0.6 is 9.47 Å². The van der Waals surface area contributed by atoms with E-state index >= 15 is 0 Å². The maximum atomic E-state index is 5.88. The molecular formula is C12H17N4OP. The molecule has 2 aromatic rings. The predicted octanol–water partition coefficient (Wildman–Crippen LogP) is 2.07. The van der Waals surface area contributed by atoms with Gasteiger partial charge in [-0.1, -0.05) is 6.08 Å². The zero-order valence-corrected chi connectivity index (χ0v) is 11.5. The summed E-state index contributed by atoms with van der Waals surface area (Å²) in [6, 6.07) is 0. The molecule has 2 unspecified atom stereocenters. The molecule has 2 rings (SSSR count). The first-order valence-corrected chi connectivity index (χ1v) is 6.16. The smallest absolute Gasteiger partial charge is 0.145 e. The maximum absolute atomic E-state index is 5.88. The van der Waals surface area contributed by atoms with Crippen molar-refractivity contribution in [3.8, 4) is 0 Å². The largest absolute Gasteiger partial charge is 0.383 e. The fourth-order valence-electron chi connectivity index (χ4n) is 2.06. The Morgan fingerprint density at radius 3 is 3.06 bits per heavy atom. The third kappa shape index (κ3) is 2.37. The van der Waals surface area contributed by atoms with Crippen molar-refractivity contribution in [2.24, 2.45) is 0 Å². The molecular weight excluding hydrogens is 247 g/mol. The van der Waals surface area contributed by atoms with Crippen molar-refractivity contribution in [1.29, 1.82) is 0 Å². The highest BCUT2D eigenvalue weighted by Crippen LogP contribution is 2.23. The molecule has 96 valence electrons. The van der Waals surface area contributed by atoms with E-state index in [0.717, 1.165) is 23.0 Å². The molecule has 0 radical (unpaired) electrons. The average molecular weight is 264 g/mol. The quantitative estimate of drug-likeness (QED) is 0.663.